The van der Waals surface area contributed by atoms with E-state index in [-0.39, 0.29) is 0 Å². The summed E-state index contributed by atoms with van der Waals surface area (Å²) < 4.78 is 11.4. The van der Waals surface area contributed by atoms with Crippen LogP contribution in [0, 0.1) is 0 Å². The van der Waals surface area contributed by atoms with E-state index in [1.807, 2.05) is 0 Å². The molecular formula is C14H30O2S. The first-order valence-corrected chi connectivity index (χ1v) is 8.68. The number of aliphatic hydroxyl groups excluding tert-OH is 1. The molecule has 0 aliphatic carbocycles. The van der Waals surface area contributed by atoms with E-state index in [1.54, 1.807) is 6.92 Å². The molecule has 104 valence electrons. The number of rotatable bonds is 12. The molecule has 0 aromatic rings. The molecule has 0 bridgehead atoms. The first-order valence-electron chi connectivity index (χ1n) is 7.19. The van der Waals surface area contributed by atoms with E-state index in [0.29, 0.717) is 5.75 Å². The van der Waals surface area contributed by atoms with Crippen molar-refractivity contribution < 1.29 is 9.66 Å². The van der Waals surface area contributed by atoms with Gasteiger partial charge in [0.1, 0.15) is 11.5 Å². The smallest absolute Gasteiger partial charge is 0.131 e. The van der Waals surface area contributed by atoms with E-state index >= 15 is 0 Å². The van der Waals surface area contributed by atoms with Crippen LogP contribution in [0.25, 0.3) is 0 Å². The Morgan fingerprint density at radius 3 is 1.88 bits per heavy atom. The maximum Gasteiger partial charge on any atom is 0.131 e. The summed E-state index contributed by atoms with van der Waals surface area (Å²) in [5.74, 6) is 1.21. The second-order valence-corrected chi connectivity index (χ2v) is 6.61. The largest absolute Gasteiger partial charge is 0.616 e. The van der Waals surface area contributed by atoms with Crippen molar-refractivity contribution in [3.63, 3.8) is 0 Å². The van der Waals surface area contributed by atoms with Crippen LogP contribution < -0.4 is 0 Å². The van der Waals surface area contributed by atoms with Crippen LogP contribution in [0.15, 0.2) is 0 Å². The summed E-state index contributed by atoms with van der Waals surface area (Å²) >= 11 is -0.812. The number of hydrogen-bond donors (Lipinski definition) is 1. The number of hydrogen-bond acceptors (Lipinski definition) is 2. The van der Waals surface area contributed by atoms with Crippen molar-refractivity contribution in [3.8, 4) is 0 Å². The van der Waals surface area contributed by atoms with Gasteiger partial charge in [0.2, 0.25) is 0 Å². The molecule has 0 saturated heterocycles. The average molecular weight is 262 g/mol. The lowest BCUT2D eigenvalue weighted by molar-refractivity contribution is 0.218. The summed E-state index contributed by atoms with van der Waals surface area (Å²) in [5, 5.41) is 9.07. The first-order chi connectivity index (χ1) is 8.16. The predicted octanol–water partition coefficient (Wildman–Crippen LogP) is 3.65. The molecule has 0 rings (SSSR count). The van der Waals surface area contributed by atoms with Gasteiger partial charge in [0.25, 0.3) is 0 Å². The summed E-state index contributed by atoms with van der Waals surface area (Å²) in [4.78, 5) is 0. The standard InChI is InChI=1S/C14H30O2S/c1-3-4-5-6-7-8-9-10-11-12-17(16)13-14(2)15/h14-15H,3-13H2,1-2H3. The van der Waals surface area contributed by atoms with Crippen molar-refractivity contribution in [2.24, 2.45) is 0 Å². The highest BCUT2D eigenvalue weighted by Gasteiger charge is 2.09. The topological polar surface area (TPSA) is 43.3 Å². The molecule has 17 heavy (non-hydrogen) atoms. The fourth-order valence-corrected chi connectivity index (χ4v) is 3.16. The zero-order chi connectivity index (χ0) is 12.9. The van der Waals surface area contributed by atoms with Gasteiger partial charge >= 0.3 is 0 Å². The third-order valence-electron chi connectivity index (χ3n) is 2.90. The highest BCUT2D eigenvalue weighted by molar-refractivity contribution is 7.91. The van der Waals surface area contributed by atoms with Crippen LogP contribution >= 0.6 is 0 Å². The zero-order valence-electron chi connectivity index (χ0n) is 11.6. The van der Waals surface area contributed by atoms with Gasteiger partial charge in [0.05, 0.1) is 6.10 Å². The second kappa shape index (κ2) is 12.7. The minimum absolute atomic E-state index is 0.422. The van der Waals surface area contributed by atoms with Crippen molar-refractivity contribution in [1.29, 1.82) is 0 Å². The Bertz CT molecular complexity index is 151. The molecule has 0 radical (unpaired) electrons. The second-order valence-electron chi connectivity index (χ2n) is 4.99. The molecule has 0 saturated carbocycles. The van der Waals surface area contributed by atoms with Crippen molar-refractivity contribution in [1.82, 2.24) is 0 Å². The van der Waals surface area contributed by atoms with Gasteiger partial charge in [-0.05, 0) is 19.8 Å². The highest BCUT2D eigenvalue weighted by atomic mass is 32.2. The Kier molecular flexibility index (Phi) is 12.9. The van der Waals surface area contributed by atoms with E-state index in [9.17, 15) is 4.55 Å². The van der Waals surface area contributed by atoms with E-state index in [1.165, 1.54) is 51.4 Å². The molecule has 3 heteroatoms. The van der Waals surface area contributed by atoms with E-state index < -0.39 is 17.3 Å². The summed E-state index contributed by atoms with van der Waals surface area (Å²) in [7, 11) is 0. The maximum absolute atomic E-state index is 11.4. The lowest BCUT2D eigenvalue weighted by atomic mass is 10.1. The van der Waals surface area contributed by atoms with Gasteiger partial charge in [0, 0.05) is 0 Å². The summed E-state index contributed by atoms with van der Waals surface area (Å²) in [6, 6.07) is 0. The van der Waals surface area contributed by atoms with Gasteiger partial charge in [-0.3, -0.25) is 0 Å². The molecule has 0 heterocycles. The van der Waals surface area contributed by atoms with Gasteiger partial charge in [-0.25, -0.2) is 0 Å². The molecule has 2 nitrogen and oxygen atoms in total. The lowest BCUT2D eigenvalue weighted by Gasteiger charge is -2.12. The first kappa shape index (κ1) is 17.3. The Morgan fingerprint density at radius 1 is 0.941 bits per heavy atom. The molecule has 2 unspecified atom stereocenters. The van der Waals surface area contributed by atoms with Gasteiger partial charge in [0.15, 0.2) is 0 Å². The quantitative estimate of drug-likeness (QED) is 0.431. The van der Waals surface area contributed by atoms with Crippen molar-refractivity contribution in [2.75, 3.05) is 11.5 Å². The Hall–Kier alpha value is 0.270. The molecule has 0 spiro atoms. The van der Waals surface area contributed by atoms with Crippen LogP contribution in [0.5, 0.6) is 0 Å². The molecule has 0 fully saturated rings. The number of aliphatic hydroxyl groups is 1. The molecule has 0 aliphatic rings. The number of unbranched alkanes of at least 4 members (excludes halogenated alkanes) is 8. The van der Waals surface area contributed by atoms with Gasteiger partial charge in [-0.2, -0.15) is 0 Å². The van der Waals surface area contributed by atoms with Crippen LogP contribution in [0.4, 0.5) is 0 Å². The van der Waals surface area contributed by atoms with E-state index in [0.717, 1.165) is 12.2 Å². The van der Waals surface area contributed by atoms with Crippen LogP contribution in [-0.2, 0) is 11.2 Å². The highest BCUT2D eigenvalue weighted by Crippen LogP contribution is 2.10. The molecule has 0 aromatic heterocycles. The minimum atomic E-state index is -0.812. The van der Waals surface area contributed by atoms with Crippen LogP contribution in [0.2, 0.25) is 0 Å². The van der Waals surface area contributed by atoms with E-state index in [2.05, 4.69) is 6.92 Å². The summed E-state index contributed by atoms with van der Waals surface area (Å²) in [6.07, 6.45) is 11.2. The molecule has 0 aromatic carbocycles. The summed E-state index contributed by atoms with van der Waals surface area (Å²) in [6.45, 7) is 3.95. The maximum atomic E-state index is 11.4. The third kappa shape index (κ3) is 14.2. The van der Waals surface area contributed by atoms with Gasteiger partial charge in [-0.15, -0.1) is 0 Å². The summed E-state index contributed by atoms with van der Waals surface area (Å²) in [5.41, 5.74) is 0. The average Bonchev–Trinajstić information content (AvgIpc) is 2.26. The predicted molar refractivity (Wildman–Crippen MR) is 76.8 cm³/mol. The monoisotopic (exact) mass is 262 g/mol. The fraction of sp³-hybridized carbons (Fsp3) is 1.00. The lowest BCUT2D eigenvalue weighted by Crippen LogP contribution is -2.20. The Labute approximate surface area is 110 Å². The van der Waals surface area contributed by atoms with Crippen molar-refractivity contribution in [2.45, 2.75) is 77.7 Å². The Balaban J connectivity index is 3.07. The molecular weight excluding hydrogens is 232 g/mol. The van der Waals surface area contributed by atoms with E-state index in [4.69, 9.17) is 5.11 Å². The SMILES string of the molecule is CCCCCCCCCCC[S+]([O-])CC(C)O. The van der Waals surface area contributed by atoms with Crippen LogP contribution in [0.1, 0.15) is 71.6 Å². The Morgan fingerprint density at radius 2 is 1.41 bits per heavy atom. The van der Waals surface area contributed by atoms with Gasteiger partial charge in [-0.1, -0.05) is 63.0 Å². The normalized spacial score (nSPS) is 14.8. The van der Waals surface area contributed by atoms with Crippen molar-refractivity contribution >= 4 is 11.2 Å². The van der Waals surface area contributed by atoms with Crippen molar-refractivity contribution in [3.05, 3.63) is 0 Å². The third-order valence-corrected chi connectivity index (χ3v) is 4.50. The molecule has 1 N–H and O–H groups in total. The van der Waals surface area contributed by atoms with Crippen LogP contribution in [-0.4, -0.2) is 27.3 Å². The fourth-order valence-electron chi connectivity index (χ4n) is 1.93. The zero-order valence-corrected chi connectivity index (χ0v) is 12.4. The van der Waals surface area contributed by atoms with Crippen LogP contribution in [0.3, 0.4) is 0 Å². The molecule has 2 atom stereocenters. The molecule has 0 aliphatic heterocycles. The molecule has 0 amide bonds. The minimum Gasteiger partial charge on any atom is -0.616 e. The van der Waals surface area contributed by atoms with Gasteiger partial charge < -0.3 is 9.66 Å².